The van der Waals surface area contributed by atoms with Crippen LogP contribution in [-0.2, 0) is 11.3 Å². The zero-order valence-electron chi connectivity index (χ0n) is 9.90. The minimum absolute atomic E-state index is 0.306. The quantitative estimate of drug-likeness (QED) is 0.824. The van der Waals surface area contributed by atoms with E-state index in [0.717, 1.165) is 43.0 Å². The molecule has 2 heterocycles. The Morgan fingerprint density at radius 1 is 1.56 bits per heavy atom. The van der Waals surface area contributed by atoms with Crippen molar-refractivity contribution in [1.82, 2.24) is 14.8 Å². The second-order valence-corrected chi connectivity index (χ2v) is 4.64. The number of aromatic nitrogens is 3. The van der Waals surface area contributed by atoms with Gasteiger partial charge in [-0.05, 0) is 31.5 Å². The number of nitrogens with one attached hydrogen (secondary N) is 1. The van der Waals surface area contributed by atoms with Crippen LogP contribution in [0.5, 0.6) is 0 Å². The van der Waals surface area contributed by atoms with Crippen LogP contribution in [-0.4, -0.2) is 27.5 Å². The van der Waals surface area contributed by atoms with Gasteiger partial charge < -0.3 is 9.30 Å². The molecule has 0 saturated carbocycles. The first-order valence-corrected chi connectivity index (χ1v) is 6.45. The molecule has 1 aliphatic rings. The van der Waals surface area contributed by atoms with Crippen LogP contribution in [0.2, 0.25) is 0 Å². The van der Waals surface area contributed by atoms with Crippen LogP contribution in [0.3, 0.4) is 0 Å². The maximum atomic E-state index is 5.71. The Balaban J connectivity index is 2.28. The molecule has 4 nitrogen and oxygen atoms in total. The smallest absolute Gasteiger partial charge is 0.195 e. The summed E-state index contributed by atoms with van der Waals surface area (Å²) in [7, 11) is 0. The van der Waals surface area contributed by atoms with Crippen molar-refractivity contribution in [2.75, 3.05) is 6.61 Å². The Morgan fingerprint density at radius 3 is 3.06 bits per heavy atom. The van der Waals surface area contributed by atoms with E-state index < -0.39 is 0 Å². The third-order valence-corrected chi connectivity index (χ3v) is 3.49. The Labute approximate surface area is 101 Å². The first-order chi connectivity index (χ1) is 7.77. The summed E-state index contributed by atoms with van der Waals surface area (Å²) in [6.45, 7) is 6.10. The van der Waals surface area contributed by atoms with Gasteiger partial charge in [-0.3, -0.25) is 5.10 Å². The molecule has 1 saturated heterocycles. The van der Waals surface area contributed by atoms with Gasteiger partial charge in [-0.15, -0.1) is 0 Å². The summed E-state index contributed by atoms with van der Waals surface area (Å²) >= 11 is 5.25. The molecule has 0 aliphatic carbocycles. The van der Waals surface area contributed by atoms with E-state index in [9.17, 15) is 0 Å². The van der Waals surface area contributed by atoms with Crippen molar-refractivity contribution in [3.63, 3.8) is 0 Å². The molecule has 1 aromatic rings. The molecule has 5 heteroatoms. The monoisotopic (exact) mass is 241 g/mol. The molecule has 2 rings (SSSR count). The lowest BCUT2D eigenvalue weighted by Crippen LogP contribution is -2.17. The SMILES string of the molecule is CCCn1c(C2CCOC2CC)n[nH]c1=S. The van der Waals surface area contributed by atoms with Crippen molar-refractivity contribution >= 4 is 12.2 Å². The van der Waals surface area contributed by atoms with Crippen LogP contribution >= 0.6 is 12.2 Å². The van der Waals surface area contributed by atoms with Crippen molar-refractivity contribution in [2.45, 2.75) is 51.7 Å². The average molecular weight is 241 g/mol. The van der Waals surface area contributed by atoms with Crippen molar-refractivity contribution in [3.05, 3.63) is 10.6 Å². The largest absolute Gasteiger partial charge is 0.377 e. The van der Waals surface area contributed by atoms with Gasteiger partial charge in [-0.2, -0.15) is 5.10 Å². The third kappa shape index (κ3) is 2.06. The minimum atomic E-state index is 0.306. The minimum Gasteiger partial charge on any atom is -0.377 e. The predicted molar refractivity (Wildman–Crippen MR) is 65.1 cm³/mol. The Bertz CT molecular complexity index is 398. The molecule has 1 N–H and O–H groups in total. The van der Waals surface area contributed by atoms with E-state index in [1.54, 1.807) is 0 Å². The highest BCUT2D eigenvalue weighted by Crippen LogP contribution is 2.31. The predicted octanol–water partition coefficient (Wildman–Crippen LogP) is 2.63. The standard InChI is InChI=1S/C11H19N3OS/c1-3-6-14-10(12-13-11(14)16)8-5-7-15-9(8)4-2/h8-9H,3-7H2,1-2H3,(H,13,16). The van der Waals surface area contributed by atoms with Crippen molar-refractivity contribution in [3.8, 4) is 0 Å². The molecule has 2 atom stereocenters. The number of aromatic amines is 1. The fourth-order valence-corrected chi connectivity index (χ4v) is 2.63. The Morgan fingerprint density at radius 2 is 2.38 bits per heavy atom. The van der Waals surface area contributed by atoms with Crippen LogP contribution in [0, 0.1) is 4.77 Å². The van der Waals surface area contributed by atoms with Crippen molar-refractivity contribution < 1.29 is 4.74 Å². The summed E-state index contributed by atoms with van der Waals surface area (Å²) in [4.78, 5) is 0. The van der Waals surface area contributed by atoms with Gasteiger partial charge in [0.05, 0.1) is 6.10 Å². The van der Waals surface area contributed by atoms with Gasteiger partial charge in [-0.1, -0.05) is 13.8 Å². The number of ether oxygens (including phenoxy) is 1. The molecule has 2 unspecified atom stereocenters. The molecule has 1 aromatic heterocycles. The highest BCUT2D eigenvalue weighted by atomic mass is 32.1. The Kier molecular flexibility index (Phi) is 3.76. The van der Waals surface area contributed by atoms with E-state index in [1.165, 1.54) is 0 Å². The number of rotatable bonds is 4. The zero-order chi connectivity index (χ0) is 11.5. The molecule has 0 spiro atoms. The third-order valence-electron chi connectivity index (χ3n) is 3.18. The summed E-state index contributed by atoms with van der Waals surface area (Å²) in [5.41, 5.74) is 0. The zero-order valence-corrected chi connectivity index (χ0v) is 10.7. The molecule has 90 valence electrons. The summed E-state index contributed by atoms with van der Waals surface area (Å²) in [6.07, 6.45) is 3.48. The topological polar surface area (TPSA) is 42.8 Å². The number of nitrogens with zero attached hydrogens (tertiary/aromatic N) is 2. The van der Waals surface area contributed by atoms with Crippen LogP contribution in [0.15, 0.2) is 0 Å². The van der Waals surface area contributed by atoms with Gasteiger partial charge in [-0.25, -0.2) is 0 Å². The van der Waals surface area contributed by atoms with Crippen LogP contribution < -0.4 is 0 Å². The van der Waals surface area contributed by atoms with Gasteiger partial charge >= 0.3 is 0 Å². The summed E-state index contributed by atoms with van der Waals surface area (Å²) < 4.78 is 8.57. The maximum absolute atomic E-state index is 5.71. The fraction of sp³-hybridized carbons (Fsp3) is 0.818. The molecule has 0 amide bonds. The Hall–Kier alpha value is -0.680. The number of hydrogen-bond acceptors (Lipinski definition) is 3. The highest BCUT2D eigenvalue weighted by Gasteiger charge is 2.31. The van der Waals surface area contributed by atoms with Gasteiger partial charge in [0.1, 0.15) is 5.82 Å². The molecular formula is C11H19N3OS. The van der Waals surface area contributed by atoms with Gasteiger partial charge in [0, 0.05) is 19.1 Å². The van der Waals surface area contributed by atoms with E-state index in [2.05, 4.69) is 28.6 Å². The van der Waals surface area contributed by atoms with Crippen LogP contribution in [0.1, 0.15) is 44.9 Å². The van der Waals surface area contributed by atoms with Crippen molar-refractivity contribution in [2.24, 2.45) is 0 Å². The van der Waals surface area contributed by atoms with E-state index in [1.807, 2.05) is 0 Å². The molecule has 0 radical (unpaired) electrons. The normalized spacial score (nSPS) is 25.1. The average Bonchev–Trinajstić information content (AvgIpc) is 2.87. The molecule has 1 fully saturated rings. The summed E-state index contributed by atoms with van der Waals surface area (Å²) in [5.74, 6) is 1.49. The van der Waals surface area contributed by atoms with Gasteiger partial charge in [0.25, 0.3) is 0 Å². The first kappa shape index (κ1) is 11.8. The van der Waals surface area contributed by atoms with E-state index in [0.29, 0.717) is 12.0 Å². The van der Waals surface area contributed by atoms with E-state index in [-0.39, 0.29) is 0 Å². The van der Waals surface area contributed by atoms with Gasteiger partial charge in [0.2, 0.25) is 0 Å². The second-order valence-electron chi connectivity index (χ2n) is 4.25. The first-order valence-electron chi connectivity index (χ1n) is 6.04. The van der Waals surface area contributed by atoms with Gasteiger partial charge in [0.15, 0.2) is 4.77 Å². The van der Waals surface area contributed by atoms with Crippen LogP contribution in [0.25, 0.3) is 0 Å². The summed E-state index contributed by atoms with van der Waals surface area (Å²) in [5, 5.41) is 7.28. The molecule has 1 aliphatic heterocycles. The lowest BCUT2D eigenvalue weighted by molar-refractivity contribution is 0.0988. The lowest BCUT2D eigenvalue weighted by atomic mass is 9.99. The summed E-state index contributed by atoms with van der Waals surface area (Å²) in [6, 6.07) is 0. The van der Waals surface area contributed by atoms with Crippen LogP contribution in [0.4, 0.5) is 0 Å². The lowest BCUT2D eigenvalue weighted by Gasteiger charge is -2.16. The molecular weight excluding hydrogens is 222 g/mol. The molecule has 16 heavy (non-hydrogen) atoms. The van der Waals surface area contributed by atoms with Crippen molar-refractivity contribution in [1.29, 1.82) is 0 Å². The second kappa shape index (κ2) is 5.10. The maximum Gasteiger partial charge on any atom is 0.195 e. The number of H-pyrrole nitrogens is 1. The van der Waals surface area contributed by atoms with E-state index in [4.69, 9.17) is 17.0 Å². The number of hydrogen-bond donors (Lipinski definition) is 1. The van der Waals surface area contributed by atoms with E-state index >= 15 is 0 Å². The highest BCUT2D eigenvalue weighted by molar-refractivity contribution is 7.71. The fourth-order valence-electron chi connectivity index (χ4n) is 2.40. The molecule has 0 bridgehead atoms. The molecule has 0 aromatic carbocycles.